The van der Waals surface area contributed by atoms with Gasteiger partial charge >= 0.3 is 6.09 Å². The Balaban J connectivity index is 1.62. The van der Waals surface area contributed by atoms with E-state index in [0.717, 1.165) is 5.01 Å². The number of hydrogen-bond donors (Lipinski definition) is 1. The van der Waals surface area contributed by atoms with Crippen LogP contribution in [0.25, 0.3) is 0 Å². The first kappa shape index (κ1) is 16.5. The maximum atomic E-state index is 12.9. The molecule has 0 aliphatic rings. The van der Waals surface area contributed by atoms with E-state index in [1.807, 2.05) is 30.3 Å². The number of nitrogens with zero attached hydrogens (tertiary/aromatic N) is 1. The van der Waals surface area contributed by atoms with Crippen LogP contribution in [0, 0.1) is 5.82 Å². The van der Waals surface area contributed by atoms with Gasteiger partial charge in [-0.2, -0.15) is 0 Å². The van der Waals surface area contributed by atoms with E-state index in [1.165, 1.54) is 24.3 Å². The average molecular weight is 338 g/mol. The normalized spacial score (nSPS) is 10.2. The summed E-state index contributed by atoms with van der Waals surface area (Å²) in [6, 6.07) is 21.0. The summed E-state index contributed by atoms with van der Waals surface area (Å²) >= 11 is 0. The molecule has 1 amide bonds. The molecule has 2 N–H and O–H groups in total. The monoisotopic (exact) mass is 338 g/mol. The van der Waals surface area contributed by atoms with E-state index in [1.54, 1.807) is 24.3 Å². The van der Waals surface area contributed by atoms with Crippen LogP contribution in [0.1, 0.15) is 0 Å². The zero-order valence-electron chi connectivity index (χ0n) is 13.1. The van der Waals surface area contributed by atoms with Crippen molar-refractivity contribution in [1.82, 2.24) is 0 Å². The predicted molar refractivity (Wildman–Crippen MR) is 92.0 cm³/mol. The molecule has 0 spiro atoms. The molecule has 3 aromatic carbocycles. The minimum atomic E-state index is -0.789. The molecule has 0 radical (unpaired) electrons. The number of anilines is 1. The van der Waals surface area contributed by atoms with Crippen molar-refractivity contribution >= 4 is 11.8 Å². The molecular weight excluding hydrogens is 323 g/mol. The summed E-state index contributed by atoms with van der Waals surface area (Å²) in [4.78, 5) is 12.0. The number of nitrogens with two attached hydrogens (primary N) is 1. The van der Waals surface area contributed by atoms with Crippen molar-refractivity contribution in [2.24, 2.45) is 5.84 Å². The van der Waals surface area contributed by atoms with E-state index in [2.05, 4.69) is 0 Å². The highest BCUT2D eigenvalue weighted by atomic mass is 19.1. The van der Waals surface area contributed by atoms with E-state index in [-0.39, 0.29) is 0 Å². The van der Waals surface area contributed by atoms with Crippen LogP contribution in [0.15, 0.2) is 78.9 Å². The van der Waals surface area contributed by atoms with Crippen LogP contribution in [0.4, 0.5) is 14.9 Å². The number of hydrazine groups is 1. The molecule has 3 rings (SSSR count). The van der Waals surface area contributed by atoms with Gasteiger partial charge in [-0.05, 0) is 60.7 Å². The maximum absolute atomic E-state index is 12.9. The second kappa shape index (κ2) is 7.46. The first-order valence-corrected chi connectivity index (χ1v) is 7.47. The zero-order valence-corrected chi connectivity index (χ0v) is 13.1. The molecular formula is C19H15FN2O3. The lowest BCUT2D eigenvalue weighted by atomic mass is 10.3. The summed E-state index contributed by atoms with van der Waals surface area (Å²) in [7, 11) is 0. The van der Waals surface area contributed by atoms with Crippen LogP contribution < -0.4 is 20.3 Å². The van der Waals surface area contributed by atoms with Crippen molar-refractivity contribution in [2.75, 3.05) is 5.01 Å². The molecule has 0 bridgehead atoms. The minimum Gasteiger partial charge on any atom is -0.457 e. The van der Waals surface area contributed by atoms with Gasteiger partial charge in [0.25, 0.3) is 0 Å². The highest BCUT2D eigenvalue weighted by molar-refractivity contribution is 5.87. The van der Waals surface area contributed by atoms with Gasteiger partial charge in [0.1, 0.15) is 23.1 Å². The van der Waals surface area contributed by atoms with Crippen LogP contribution in [0.3, 0.4) is 0 Å². The minimum absolute atomic E-state index is 0.308. The van der Waals surface area contributed by atoms with Crippen LogP contribution in [0.5, 0.6) is 17.2 Å². The van der Waals surface area contributed by atoms with Gasteiger partial charge in [0.2, 0.25) is 0 Å². The molecule has 0 aliphatic heterocycles. The number of halogens is 1. The number of para-hydroxylation sites is 1. The van der Waals surface area contributed by atoms with Crippen molar-refractivity contribution in [3.63, 3.8) is 0 Å². The van der Waals surface area contributed by atoms with E-state index in [4.69, 9.17) is 15.3 Å². The third kappa shape index (κ3) is 4.33. The topological polar surface area (TPSA) is 64.8 Å². The van der Waals surface area contributed by atoms with Crippen LogP contribution in [-0.2, 0) is 0 Å². The molecule has 25 heavy (non-hydrogen) atoms. The lowest BCUT2D eigenvalue weighted by Gasteiger charge is -2.16. The summed E-state index contributed by atoms with van der Waals surface area (Å²) in [5, 5.41) is 0.799. The molecule has 0 unspecified atom stereocenters. The standard InChI is InChI=1S/C19H15FN2O3/c20-14-6-8-15(9-7-14)22(21)19(23)25-18-12-10-17(11-13-18)24-16-4-2-1-3-5-16/h1-13H,21H2. The highest BCUT2D eigenvalue weighted by Crippen LogP contribution is 2.24. The number of amides is 1. The lowest BCUT2D eigenvalue weighted by molar-refractivity contribution is 0.207. The molecule has 3 aromatic rings. The molecule has 5 nitrogen and oxygen atoms in total. The molecule has 0 saturated heterocycles. The van der Waals surface area contributed by atoms with Gasteiger partial charge in [0.05, 0.1) is 5.69 Å². The second-order valence-electron chi connectivity index (χ2n) is 5.10. The third-order valence-electron chi connectivity index (χ3n) is 3.31. The van der Waals surface area contributed by atoms with E-state index in [0.29, 0.717) is 22.9 Å². The Bertz CT molecular complexity index is 837. The predicted octanol–water partition coefficient (Wildman–Crippen LogP) is 4.50. The summed E-state index contributed by atoms with van der Waals surface area (Å²) in [6.07, 6.45) is -0.789. The molecule has 6 heteroatoms. The van der Waals surface area contributed by atoms with Gasteiger partial charge in [-0.1, -0.05) is 18.2 Å². The van der Waals surface area contributed by atoms with Crippen molar-refractivity contribution in [2.45, 2.75) is 0 Å². The first-order chi connectivity index (χ1) is 12.1. The van der Waals surface area contributed by atoms with Crippen molar-refractivity contribution in [3.05, 3.63) is 84.7 Å². The Kier molecular flexibility index (Phi) is 4.92. The van der Waals surface area contributed by atoms with Crippen LogP contribution in [0.2, 0.25) is 0 Å². The Morgan fingerprint density at radius 2 is 1.36 bits per heavy atom. The van der Waals surface area contributed by atoms with Crippen LogP contribution >= 0.6 is 0 Å². The van der Waals surface area contributed by atoms with E-state index in [9.17, 15) is 9.18 Å². The average Bonchev–Trinajstić information content (AvgIpc) is 2.64. The Morgan fingerprint density at radius 3 is 2.00 bits per heavy atom. The SMILES string of the molecule is NN(C(=O)Oc1ccc(Oc2ccccc2)cc1)c1ccc(F)cc1. The molecule has 0 atom stereocenters. The summed E-state index contributed by atoms with van der Waals surface area (Å²) in [6.45, 7) is 0. The number of carbonyl (C=O) groups excluding carboxylic acids is 1. The second-order valence-corrected chi connectivity index (χ2v) is 5.10. The fourth-order valence-electron chi connectivity index (χ4n) is 2.06. The molecule has 0 fully saturated rings. The molecule has 0 saturated carbocycles. The van der Waals surface area contributed by atoms with E-state index < -0.39 is 11.9 Å². The fraction of sp³-hybridized carbons (Fsp3) is 0. The molecule has 126 valence electrons. The zero-order chi connectivity index (χ0) is 17.6. The largest absolute Gasteiger partial charge is 0.457 e. The Labute approximate surface area is 144 Å². The van der Waals surface area contributed by atoms with Crippen molar-refractivity contribution in [3.8, 4) is 17.2 Å². The van der Waals surface area contributed by atoms with Gasteiger partial charge in [-0.15, -0.1) is 0 Å². The van der Waals surface area contributed by atoms with Gasteiger partial charge in [0, 0.05) is 0 Å². The van der Waals surface area contributed by atoms with E-state index >= 15 is 0 Å². The molecule has 0 aliphatic carbocycles. The number of carbonyl (C=O) groups is 1. The summed E-state index contributed by atoms with van der Waals surface area (Å²) in [5.41, 5.74) is 0.315. The molecule has 0 heterocycles. The third-order valence-corrected chi connectivity index (χ3v) is 3.31. The quantitative estimate of drug-likeness (QED) is 0.432. The number of ether oxygens (including phenoxy) is 2. The van der Waals surface area contributed by atoms with Crippen LogP contribution in [-0.4, -0.2) is 6.09 Å². The van der Waals surface area contributed by atoms with Gasteiger partial charge in [-0.3, -0.25) is 0 Å². The number of rotatable bonds is 4. The lowest BCUT2D eigenvalue weighted by Crippen LogP contribution is -2.39. The van der Waals surface area contributed by atoms with Crippen molar-refractivity contribution in [1.29, 1.82) is 0 Å². The van der Waals surface area contributed by atoms with Gasteiger partial charge < -0.3 is 9.47 Å². The molecule has 0 aromatic heterocycles. The Hall–Kier alpha value is -3.38. The first-order valence-electron chi connectivity index (χ1n) is 7.47. The number of hydrogen-bond acceptors (Lipinski definition) is 4. The fourth-order valence-corrected chi connectivity index (χ4v) is 2.06. The summed E-state index contributed by atoms with van der Waals surface area (Å²) in [5.74, 6) is 6.88. The smallest absolute Gasteiger partial charge is 0.434 e. The summed E-state index contributed by atoms with van der Waals surface area (Å²) < 4.78 is 23.7. The number of benzene rings is 3. The van der Waals surface area contributed by atoms with Crippen molar-refractivity contribution < 1.29 is 18.7 Å². The Morgan fingerprint density at radius 1 is 0.800 bits per heavy atom. The van der Waals surface area contributed by atoms with Gasteiger partial charge in [0.15, 0.2) is 0 Å². The maximum Gasteiger partial charge on any atom is 0.434 e. The van der Waals surface area contributed by atoms with Gasteiger partial charge in [-0.25, -0.2) is 20.0 Å². The highest BCUT2D eigenvalue weighted by Gasteiger charge is 2.14.